The summed E-state index contributed by atoms with van der Waals surface area (Å²) in [7, 11) is 0. The molecule has 0 fully saturated rings. The van der Waals surface area contributed by atoms with E-state index in [1.807, 2.05) is 0 Å². The van der Waals surface area contributed by atoms with Gasteiger partial charge in [-0.2, -0.15) is 0 Å². The van der Waals surface area contributed by atoms with Gasteiger partial charge in [-0.05, 0) is 18.6 Å². The topological polar surface area (TPSA) is 12.4 Å². The van der Waals surface area contributed by atoms with Gasteiger partial charge in [0.05, 0.1) is 5.04 Å². The molecule has 0 N–H and O–H groups in total. The van der Waals surface area contributed by atoms with E-state index in [1.54, 1.807) is 11.8 Å². The zero-order valence-corrected chi connectivity index (χ0v) is 9.09. The van der Waals surface area contributed by atoms with Gasteiger partial charge < -0.3 is 0 Å². The Morgan fingerprint density at radius 2 is 1.91 bits per heavy atom. The van der Waals surface area contributed by atoms with E-state index in [9.17, 15) is 0 Å². The van der Waals surface area contributed by atoms with Crippen LogP contribution in [0, 0.1) is 5.41 Å². The SMILES string of the molecule is CCN=C(CC(C)(C)C)SC. The Hall–Kier alpha value is 0.0200. The molecule has 0 unspecified atom stereocenters. The first kappa shape index (κ1) is 11.0. The molecule has 2 heteroatoms. The quantitative estimate of drug-likeness (QED) is 0.461. The molecule has 1 nitrogen and oxygen atoms in total. The van der Waals surface area contributed by atoms with E-state index in [1.165, 1.54) is 5.04 Å². The number of hydrogen-bond acceptors (Lipinski definition) is 2. The molecule has 0 aliphatic heterocycles. The number of thioether (sulfide) groups is 1. The van der Waals surface area contributed by atoms with Gasteiger partial charge in [0, 0.05) is 13.0 Å². The van der Waals surface area contributed by atoms with Crippen LogP contribution in [-0.2, 0) is 0 Å². The van der Waals surface area contributed by atoms with Crippen LogP contribution in [0.1, 0.15) is 34.1 Å². The van der Waals surface area contributed by atoms with Gasteiger partial charge in [0.1, 0.15) is 0 Å². The van der Waals surface area contributed by atoms with E-state index in [-0.39, 0.29) is 0 Å². The van der Waals surface area contributed by atoms with Crippen LogP contribution in [0.3, 0.4) is 0 Å². The molecule has 0 rings (SSSR count). The molecule has 0 aromatic rings. The van der Waals surface area contributed by atoms with Crippen molar-refractivity contribution in [2.75, 3.05) is 12.8 Å². The second-order valence-electron chi connectivity index (χ2n) is 3.81. The van der Waals surface area contributed by atoms with Crippen molar-refractivity contribution in [1.29, 1.82) is 0 Å². The minimum atomic E-state index is 0.372. The smallest absolute Gasteiger partial charge is 0.0678 e. The summed E-state index contributed by atoms with van der Waals surface area (Å²) in [6.45, 7) is 9.72. The molecule has 0 aromatic carbocycles. The van der Waals surface area contributed by atoms with Crippen LogP contribution in [0.4, 0.5) is 0 Å². The Balaban J connectivity index is 3.99. The lowest BCUT2D eigenvalue weighted by Gasteiger charge is -2.18. The summed E-state index contributed by atoms with van der Waals surface area (Å²) < 4.78 is 0. The van der Waals surface area contributed by atoms with Crippen molar-refractivity contribution in [3.05, 3.63) is 0 Å². The van der Waals surface area contributed by atoms with E-state index >= 15 is 0 Å². The second kappa shape index (κ2) is 4.81. The summed E-state index contributed by atoms with van der Waals surface area (Å²) >= 11 is 1.77. The van der Waals surface area contributed by atoms with Gasteiger partial charge in [-0.3, -0.25) is 4.99 Å². The van der Waals surface area contributed by atoms with E-state index in [2.05, 4.69) is 38.9 Å². The fourth-order valence-corrected chi connectivity index (χ4v) is 1.66. The van der Waals surface area contributed by atoms with Gasteiger partial charge in [-0.1, -0.05) is 20.8 Å². The van der Waals surface area contributed by atoms with Gasteiger partial charge in [-0.15, -0.1) is 11.8 Å². The van der Waals surface area contributed by atoms with Gasteiger partial charge in [-0.25, -0.2) is 0 Å². The lowest BCUT2D eigenvalue weighted by Crippen LogP contribution is -2.10. The first-order chi connectivity index (χ1) is 4.99. The summed E-state index contributed by atoms with van der Waals surface area (Å²) in [6, 6.07) is 0. The normalized spacial score (nSPS) is 13.7. The summed E-state index contributed by atoms with van der Waals surface area (Å²) in [5, 5.41) is 1.28. The third-order valence-electron chi connectivity index (χ3n) is 1.25. The van der Waals surface area contributed by atoms with E-state index in [0.717, 1.165) is 13.0 Å². The van der Waals surface area contributed by atoms with Crippen LogP contribution in [-0.4, -0.2) is 17.8 Å². The molecule has 0 radical (unpaired) electrons. The van der Waals surface area contributed by atoms with Crippen molar-refractivity contribution >= 4 is 16.8 Å². The number of hydrogen-bond donors (Lipinski definition) is 0. The molecular weight excluding hydrogens is 154 g/mol. The van der Waals surface area contributed by atoms with Crippen molar-refractivity contribution in [3.63, 3.8) is 0 Å². The van der Waals surface area contributed by atoms with Crippen molar-refractivity contribution in [1.82, 2.24) is 0 Å². The summed E-state index contributed by atoms with van der Waals surface area (Å²) in [4.78, 5) is 4.41. The average molecular weight is 173 g/mol. The summed E-state index contributed by atoms with van der Waals surface area (Å²) in [5.74, 6) is 0. The first-order valence-corrected chi connectivity index (χ1v) is 5.29. The van der Waals surface area contributed by atoms with Gasteiger partial charge in [0.25, 0.3) is 0 Å². The maximum atomic E-state index is 4.41. The molecule has 0 amide bonds. The number of rotatable bonds is 2. The molecular formula is C9H19NS. The lowest BCUT2D eigenvalue weighted by molar-refractivity contribution is 0.436. The molecule has 0 atom stereocenters. The van der Waals surface area contributed by atoms with Crippen LogP contribution in [0.2, 0.25) is 0 Å². The Bertz CT molecular complexity index is 133. The molecule has 0 aromatic heterocycles. The van der Waals surface area contributed by atoms with E-state index < -0.39 is 0 Å². The first-order valence-electron chi connectivity index (χ1n) is 4.07. The van der Waals surface area contributed by atoms with Gasteiger partial charge in [0.2, 0.25) is 0 Å². The molecule has 0 saturated carbocycles. The zero-order chi connectivity index (χ0) is 8.91. The summed E-state index contributed by atoms with van der Waals surface area (Å²) in [6.07, 6.45) is 3.20. The highest BCUT2D eigenvalue weighted by molar-refractivity contribution is 8.13. The third kappa shape index (κ3) is 6.42. The number of aliphatic imine (C=N–C) groups is 1. The van der Waals surface area contributed by atoms with Crippen molar-refractivity contribution < 1.29 is 0 Å². The van der Waals surface area contributed by atoms with Crippen molar-refractivity contribution in [3.8, 4) is 0 Å². The van der Waals surface area contributed by atoms with Crippen LogP contribution in [0.25, 0.3) is 0 Å². The largest absolute Gasteiger partial charge is 0.283 e. The predicted octanol–water partition coefficient (Wildman–Crippen LogP) is 3.20. The molecule has 0 aliphatic rings. The maximum absolute atomic E-state index is 4.41. The molecule has 0 heterocycles. The highest BCUT2D eigenvalue weighted by Gasteiger charge is 2.12. The van der Waals surface area contributed by atoms with Crippen LogP contribution in [0.5, 0.6) is 0 Å². The van der Waals surface area contributed by atoms with Crippen LogP contribution in [0.15, 0.2) is 4.99 Å². The standard InChI is InChI=1S/C9H19NS/c1-6-10-8(11-5)7-9(2,3)4/h6-7H2,1-5H3. The Kier molecular flexibility index (Phi) is 4.82. The fraction of sp³-hybridized carbons (Fsp3) is 0.889. The fourth-order valence-electron chi connectivity index (χ4n) is 0.823. The zero-order valence-electron chi connectivity index (χ0n) is 8.27. The Morgan fingerprint density at radius 1 is 1.36 bits per heavy atom. The predicted molar refractivity (Wildman–Crippen MR) is 55.6 cm³/mol. The van der Waals surface area contributed by atoms with E-state index in [0.29, 0.717) is 5.41 Å². The van der Waals surface area contributed by atoms with Crippen LogP contribution < -0.4 is 0 Å². The molecule has 0 saturated heterocycles. The lowest BCUT2D eigenvalue weighted by atomic mass is 9.93. The molecule has 0 spiro atoms. The van der Waals surface area contributed by atoms with Crippen molar-refractivity contribution in [2.24, 2.45) is 10.4 Å². The highest BCUT2D eigenvalue weighted by atomic mass is 32.2. The maximum Gasteiger partial charge on any atom is 0.0678 e. The Morgan fingerprint density at radius 3 is 2.18 bits per heavy atom. The third-order valence-corrected chi connectivity index (χ3v) is 2.00. The minimum Gasteiger partial charge on any atom is -0.283 e. The average Bonchev–Trinajstić information content (AvgIpc) is 1.84. The molecule has 11 heavy (non-hydrogen) atoms. The summed E-state index contributed by atoms with van der Waals surface area (Å²) in [5.41, 5.74) is 0.372. The minimum absolute atomic E-state index is 0.372. The molecule has 0 aliphatic carbocycles. The molecule has 0 bridgehead atoms. The van der Waals surface area contributed by atoms with Gasteiger partial charge in [0.15, 0.2) is 0 Å². The van der Waals surface area contributed by atoms with Gasteiger partial charge >= 0.3 is 0 Å². The highest BCUT2D eigenvalue weighted by Crippen LogP contribution is 2.22. The van der Waals surface area contributed by atoms with E-state index in [4.69, 9.17) is 0 Å². The van der Waals surface area contributed by atoms with Crippen molar-refractivity contribution in [2.45, 2.75) is 34.1 Å². The number of nitrogens with zero attached hydrogens (tertiary/aromatic N) is 1. The second-order valence-corrected chi connectivity index (χ2v) is 4.69. The molecule has 66 valence electrons. The Labute approximate surface area is 74.7 Å². The monoisotopic (exact) mass is 173 g/mol. The van der Waals surface area contributed by atoms with Crippen LogP contribution >= 0.6 is 11.8 Å².